The molecule has 312 valence electrons. The fourth-order valence-corrected chi connectivity index (χ4v) is 8.94. The zero-order valence-corrected chi connectivity index (χ0v) is 35.0. The topological polar surface area (TPSA) is 183 Å². The van der Waals surface area contributed by atoms with Gasteiger partial charge in [0, 0.05) is 42.1 Å². The number of fused-ring (bicyclic) bond motifs is 3. The predicted molar refractivity (Wildman–Crippen MR) is 218 cm³/mol. The Hall–Kier alpha value is -4.99. The molecule has 15 nitrogen and oxygen atoms in total. The lowest BCUT2D eigenvalue weighted by molar-refractivity contribution is -0.141. The van der Waals surface area contributed by atoms with Crippen LogP contribution in [0, 0.1) is 12.8 Å². The minimum absolute atomic E-state index is 0.0258. The number of ether oxygens (including phenoxy) is 3. The van der Waals surface area contributed by atoms with Gasteiger partial charge in [-0.05, 0) is 91.3 Å². The van der Waals surface area contributed by atoms with Crippen LogP contribution >= 0.6 is 0 Å². The molecule has 0 bridgehead atoms. The number of aromatic nitrogens is 3. The van der Waals surface area contributed by atoms with Crippen molar-refractivity contribution in [2.75, 3.05) is 13.7 Å². The lowest BCUT2D eigenvalue weighted by Crippen LogP contribution is -2.58. The first-order chi connectivity index (χ1) is 27.7. The Labute approximate surface area is 341 Å². The van der Waals surface area contributed by atoms with Crippen molar-refractivity contribution in [3.63, 3.8) is 0 Å². The molecule has 1 unspecified atom stereocenters. The number of hydrogen-bond acceptors (Lipinski definition) is 10. The van der Waals surface area contributed by atoms with Gasteiger partial charge in [0.05, 0.1) is 30.0 Å². The quantitative estimate of drug-likeness (QED) is 0.234. The SMILES string of the molecule is CCn1ccc(C(=O)N[C@H]2CCCCC/C=C\[C@@H]3C[C@@]3(C(=O)NS(=O)C3(C)CC3)NC(=O)[C@@H]3C[C@@H](Oc4cc(OC(C)C)nc5c(C)c(OC)ccc45)CN3C2=O)n1. The van der Waals surface area contributed by atoms with Crippen LogP contribution < -0.4 is 29.6 Å². The van der Waals surface area contributed by atoms with E-state index in [-0.39, 0.29) is 30.7 Å². The number of benzene rings is 1. The highest BCUT2D eigenvalue weighted by Crippen LogP contribution is 2.47. The van der Waals surface area contributed by atoms with Crippen LogP contribution in [0.5, 0.6) is 17.4 Å². The van der Waals surface area contributed by atoms with Gasteiger partial charge in [0.15, 0.2) is 0 Å². The first kappa shape index (κ1) is 41.2. The van der Waals surface area contributed by atoms with Crippen molar-refractivity contribution < 1.29 is 37.6 Å². The molecule has 2 aromatic heterocycles. The summed E-state index contributed by atoms with van der Waals surface area (Å²) in [4.78, 5) is 63.1. The van der Waals surface area contributed by atoms with Crippen molar-refractivity contribution in [1.29, 1.82) is 0 Å². The molecule has 1 aromatic carbocycles. The van der Waals surface area contributed by atoms with Crippen molar-refractivity contribution in [1.82, 2.24) is 35.0 Å². The molecule has 1 saturated heterocycles. The summed E-state index contributed by atoms with van der Waals surface area (Å²) in [5, 5.41) is 11.0. The van der Waals surface area contributed by atoms with Gasteiger partial charge in [-0.2, -0.15) is 5.10 Å². The maximum absolute atomic E-state index is 14.8. The summed E-state index contributed by atoms with van der Waals surface area (Å²) in [6, 6.07) is 5.01. The first-order valence-electron chi connectivity index (χ1n) is 20.4. The van der Waals surface area contributed by atoms with E-state index in [1.165, 1.54) is 4.90 Å². The third-order valence-corrected chi connectivity index (χ3v) is 13.4. The van der Waals surface area contributed by atoms with Crippen molar-refractivity contribution in [3.8, 4) is 17.4 Å². The van der Waals surface area contributed by atoms with Crippen LogP contribution in [0.15, 0.2) is 42.6 Å². The Kier molecular flexibility index (Phi) is 11.9. The van der Waals surface area contributed by atoms with E-state index >= 15 is 0 Å². The first-order valence-corrected chi connectivity index (χ1v) is 21.6. The minimum Gasteiger partial charge on any atom is -0.496 e. The molecule has 16 heteroatoms. The molecule has 2 aliphatic carbocycles. The number of pyridine rings is 1. The predicted octanol–water partition coefficient (Wildman–Crippen LogP) is 4.43. The molecule has 4 amide bonds. The average Bonchev–Trinajstić information content (AvgIpc) is 3.96. The molecule has 2 saturated carbocycles. The Bertz CT molecular complexity index is 2130. The molecule has 3 fully saturated rings. The van der Waals surface area contributed by atoms with Gasteiger partial charge in [-0.15, -0.1) is 0 Å². The Balaban J connectivity index is 1.22. The molecule has 4 aliphatic rings. The zero-order valence-electron chi connectivity index (χ0n) is 34.2. The van der Waals surface area contributed by atoms with Gasteiger partial charge >= 0.3 is 0 Å². The summed E-state index contributed by atoms with van der Waals surface area (Å²) in [6.07, 6.45) is 10.2. The lowest BCUT2D eigenvalue weighted by Gasteiger charge is -2.30. The smallest absolute Gasteiger partial charge is 0.272 e. The van der Waals surface area contributed by atoms with Crippen LogP contribution in [0.2, 0.25) is 0 Å². The number of carbonyl (C=O) groups excluding carboxylic acids is 4. The fourth-order valence-electron chi connectivity index (χ4n) is 7.87. The third-order valence-electron chi connectivity index (χ3n) is 11.7. The molecule has 0 radical (unpaired) electrons. The summed E-state index contributed by atoms with van der Waals surface area (Å²) in [5.41, 5.74) is 0.285. The normalized spacial score (nSPS) is 26.6. The van der Waals surface area contributed by atoms with Gasteiger partial charge in [-0.25, -0.2) is 9.19 Å². The monoisotopic (exact) mass is 817 g/mol. The van der Waals surface area contributed by atoms with Gasteiger partial charge in [0.25, 0.3) is 11.8 Å². The van der Waals surface area contributed by atoms with Crippen LogP contribution in [0.3, 0.4) is 0 Å². The molecule has 3 N–H and O–H groups in total. The molecule has 58 heavy (non-hydrogen) atoms. The zero-order chi connectivity index (χ0) is 41.4. The van der Waals surface area contributed by atoms with Crippen LogP contribution in [0.4, 0.5) is 0 Å². The van der Waals surface area contributed by atoms with E-state index in [0.717, 1.165) is 37.7 Å². The van der Waals surface area contributed by atoms with E-state index < -0.39 is 63.1 Å². The van der Waals surface area contributed by atoms with Gasteiger partial charge < -0.3 is 29.7 Å². The molecule has 7 rings (SSSR count). The molecular weight excluding hydrogens is 763 g/mol. The van der Waals surface area contributed by atoms with Gasteiger partial charge in [0.2, 0.25) is 17.7 Å². The second-order valence-electron chi connectivity index (χ2n) is 16.5. The maximum atomic E-state index is 14.8. The highest BCUT2D eigenvalue weighted by Gasteiger charge is 2.62. The number of nitrogens with zero attached hydrogens (tertiary/aromatic N) is 4. The fraction of sp³-hybridized carbons (Fsp3) is 0.571. The average molecular weight is 818 g/mol. The minimum atomic E-state index is -1.62. The summed E-state index contributed by atoms with van der Waals surface area (Å²) >= 11 is 0. The number of nitrogens with one attached hydrogen (secondary N) is 3. The second kappa shape index (κ2) is 16.7. The summed E-state index contributed by atoms with van der Waals surface area (Å²) in [7, 11) is -0.0232. The van der Waals surface area contributed by atoms with Crippen LogP contribution in [0.1, 0.15) is 102 Å². The second-order valence-corrected chi connectivity index (χ2v) is 18.2. The largest absolute Gasteiger partial charge is 0.496 e. The number of allylic oxidation sites excluding steroid dienone is 1. The molecule has 3 aromatic rings. The Morgan fingerprint density at radius 3 is 2.62 bits per heavy atom. The highest BCUT2D eigenvalue weighted by molar-refractivity contribution is 7.85. The molecule has 6 atom stereocenters. The molecule has 0 spiro atoms. The number of amides is 4. The number of carbonyl (C=O) groups is 4. The van der Waals surface area contributed by atoms with Gasteiger partial charge in [0.1, 0.15) is 51.9 Å². The summed E-state index contributed by atoms with van der Waals surface area (Å²) < 4.78 is 35.3. The number of aryl methyl sites for hydroxylation is 2. The van der Waals surface area contributed by atoms with Crippen LogP contribution in [-0.2, 0) is 31.9 Å². The number of hydrogen-bond donors (Lipinski definition) is 3. The molecule has 4 heterocycles. The Morgan fingerprint density at radius 2 is 1.91 bits per heavy atom. The highest BCUT2D eigenvalue weighted by atomic mass is 32.2. The number of methoxy groups -OCH3 is 1. The van der Waals surface area contributed by atoms with Gasteiger partial charge in [-0.1, -0.05) is 25.0 Å². The van der Waals surface area contributed by atoms with E-state index in [9.17, 15) is 23.4 Å². The van der Waals surface area contributed by atoms with Crippen LogP contribution in [0.25, 0.3) is 10.9 Å². The van der Waals surface area contributed by atoms with Crippen molar-refractivity contribution in [3.05, 3.63) is 53.9 Å². The Morgan fingerprint density at radius 1 is 1.12 bits per heavy atom. The van der Waals surface area contributed by atoms with Crippen LogP contribution in [-0.4, -0.2) is 95.7 Å². The summed E-state index contributed by atoms with van der Waals surface area (Å²) in [6.45, 7) is 10.1. The van der Waals surface area contributed by atoms with E-state index in [4.69, 9.17) is 19.2 Å². The van der Waals surface area contributed by atoms with Gasteiger partial charge in [-0.3, -0.25) is 28.6 Å². The molecule has 2 aliphatic heterocycles. The lowest BCUT2D eigenvalue weighted by atomic mass is 10.0. The van der Waals surface area contributed by atoms with E-state index in [1.54, 1.807) is 30.1 Å². The maximum Gasteiger partial charge on any atom is 0.272 e. The van der Waals surface area contributed by atoms with E-state index in [2.05, 4.69) is 20.5 Å². The van der Waals surface area contributed by atoms with Crippen molar-refractivity contribution >= 4 is 45.5 Å². The van der Waals surface area contributed by atoms with Crippen molar-refractivity contribution in [2.24, 2.45) is 5.92 Å². The van der Waals surface area contributed by atoms with E-state index in [0.29, 0.717) is 54.1 Å². The molecular formula is C42H55N7O8S. The standard InChI is InChI=1S/C42H55N7O8S/c1-7-48-20-17-30(46-48)37(50)43-31-14-12-10-8-9-11-13-27-23-42(27,40(53)47-58(54)41(5)18-19-41)45-38(51)32-21-28(24-49(32)39(31)52)57-34-22-35(56-25(2)3)44-36-26(4)33(55-6)16-15-29(34)36/h11,13,15-17,20,22,25,27-28,31-32H,7-10,12,14,18-19,21,23-24H2,1-6H3,(H,43,50)(H,45,51)(H,47,53)/b13-11-/t27-,28-,31+,32+,42-,58?/m1/s1. The van der Waals surface area contributed by atoms with Crippen molar-refractivity contribution in [2.45, 2.75) is 134 Å². The third kappa shape index (κ3) is 8.57. The van der Waals surface area contributed by atoms with E-state index in [1.807, 2.05) is 58.9 Å². The number of rotatable bonds is 11. The summed E-state index contributed by atoms with van der Waals surface area (Å²) in [5.74, 6) is -0.791.